The van der Waals surface area contributed by atoms with E-state index in [-0.39, 0.29) is 15.9 Å². The van der Waals surface area contributed by atoms with Gasteiger partial charge in [-0.3, -0.25) is 10.1 Å². The molecule has 0 aliphatic carbocycles. The molecule has 0 heterocycles. The van der Waals surface area contributed by atoms with Crippen LogP contribution in [-0.4, -0.2) is 32.6 Å². The summed E-state index contributed by atoms with van der Waals surface area (Å²) in [6.07, 6.45) is 0.708. The third-order valence-corrected chi connectivity index (χ3v) is 5.55. The Balaban J connectivity index is 1.95. The number of nitrogens with one attached hydrogen (secondary N) is 3. The summed E-state index contributed by atoms with van der Waals surface area (Å²) in [6, 6.07) is 13.0. The molecule has 7 nitrogen and oxygen atoms in total. The Bertz CT molecular complexity index is 974. The van der Waals surface area contributed by atoms with E-state index in [9.17, 15) is 13.2 Å². The first kappa shape index (κ1) is 23.8. The highest BCUT2D eigenvalue weighted by molar-refractivity contribution is 7.89. The lowest BCUT2D eigenvalue weighted by molar-refractivity contribution is 0.0977. The number of ether oxygens (including phenoxy) is 1. The SMILES string of the molecule is CCCNS(=O)(=O)c1ccc(NC(=S)NC(=O)c2cccc(OCC(C)C)c2)cc1. The number of anilines is 1. The van der Waals surface area contributed by atoms with Gasteiger partial charge in [-0.2, -0.15) is 0 Å². The Hall–Kier alpha value is -2.49. The minimum absolute atomic E-state index is 0.105. The van der Waals surface area contributed by atoms with Crippen molar-refractivity contribution in [2.75, 3.05) is 18.5 Å². The molecule has 0 bridgehead atoms. The number of carbonyl (C=O) groups is 1. The lowest BCUT2D eigenvalue weighted by Gasteiger charge is -2.12. The molecule has 2 aromatic carbocycles. The van der Waals surface area contributed by atoms with E-state index in [1.54, 1.807) is 36.4 Å². The van der Waals surface area contributed by atoms with E-state index in [4.69, 9.17) is 17.0 Å². The van der Waals surface area contributed by atoms with Gasteiger partial charge in [-0.05, 0) is 67.0 Å². The zero-order valence-corrected chi connectivity index (χ0v) is 18.9. The zero-order chi connectivity index (χ0) is 22.1. The number of rotatable bonds is 9. The fourth-order valence-electron chi connectivity index (χ4n) is 2.36. The van der Waals surface area contributed by atoms with Gasteiger partial charge in [-0.15, -0.1) is 0 Å². The first-order chi connectivity index (χ1) is 14.2. The lowest BCUT2D eigenvalue weighted by atomic mass is 10.2. The van der Waals surface area contributed by atoms with Gasteiger partial charge in [0.25, 0.3) is 5.91 Å². The monoisotopic (exact) mass is 449 g/mol. The van der Waals surface area contributed by atoms with E-state index in [0.29, 0.717) is 42.5 Å². The molecule has 162 valence electrons. The van der Waals surface area contributed by atoms with Crippen molar-refractivity contribution in [2.24, 2.45) is 5.92 Å². The number of benzene rings is 2. The molecule has 0 radical (unpaired) electrons. The molecular weight excluding hydrogens is 422 g/mol. The highest BCUT2D eigenvalue weighted by Gasteiger charge is 2.13. The lowest BCUT2D eigenvalue weighted by Crippen LogP contribution is -2.34. The van der Waals surface area contributed by atoms with Crippen LogP contribution in [0.3, 0.4) is 0 Å². The van der Waals surface area contributed by atoms with E-state index in [2.05, 4.69) is 15.4 Å². The molecule has 0 aliphatic rings. The van der Waals surface area contributed by atoms with Crippen LogP contribution in [0.4, 0.5) is 5.69 Å². The summed E-state index contributed by atoms with van der Waals surface area (Å²) in [7, 11) is -3.53. The molecule has 0 saturated heterocycles. The van der Waals surface area contributed by atoms with Crippen molar-refractivity contribution in [2.45, 2.75) is 32.1 Å². The summed E-state index contributed by atoms with van der Waals surface area (Å²) in [5.41, 5.74) is 0.979. The number of hydrogen-bond donors (Lipinski definition) is 3. The van der Waals surface area contributed by atoms with Crippen molar-refractivity contribution in [3.05, 3.63) is 54.1 Å². The van der Waals surface area contributed by atoms with Gasteiger partial charge in [0.05, 0.1) is 11.5 Å². The van der Waals surface area contributed by atoms with E-state index in [1.165, 1.54) is 12.1 Å². The van der Waals surface area contributed by atoms with Gasteiger partial charge < -0.3 is 10.1 Å². The largest absolute Gasteiger partial charge is 0.493 e. The summed E-state index contributed by atoms with van der Waals surface area (Å²) in [5.74, 6) is 0.622. The van der Waals surface area contributed by atoms with Crippen molar-refractivity contribution >= 4 is 38.9 Å². The molecule has 0 unspecified atom stereocenters. The fourth-order valence-corrected chi connectivity index (χ4v) is 3.71. The maximum Gasteiger partial charge on any atom is 0.257 e. The number of amides is 1. The van der Waals surface area contributed by atoms with Crippen molar-refractivity contribution < 1.29 is 17.9 Å². The van der Waals surface area contributed by atoms with E-state index in [1.807, 2.05) is 20.8 Å². The van der Waals surface area contributed by atoms with Gasteiger partial charge >= 0.3 is 0 Å². The highest BCUT2D eigenvalue weighted by Crippen LogP contribution is 2.16. The van der Waals surface area contributed by atoms with Crippen LogP contribution in [0.25, 0.3) is 0 Å². The van der Waals surface area contributed by atoms with Crippen molar-refractivity contribution in [1.29, 1.82) is 0 Å². The van der Waals surface area contributed by atoms with Gasteiger partial charge in [-0.1, -0.05) is 26.8 Å². The predicted octanol–water partition coefficient (Wildman–Crippen LogP) is 3.54. The molecule has 0 spiro atoms. The Morgan fingerprint density at radius 1 is 1.13 bits per heavy atom. The van der Waals surface area contributed by atoms with Gasteiger partial charge in [0.1, 0.15) is 5.75 Å². The second kappa shape index (κ2) is 11.1. The topological polar surface area (TPSA) is 96.5 Å². The predicted molar refractivity (Wildman–Crippen MR) is 122 cm³/mol. The Morgan fingerprint density at radius 2 is 1.83 bits per heavy atom. The molecule has 2 aromatic rings. The fraction of sp³-hybridized carbons (Fsp3) is 0.333. The molecule has 0 aliphatic heterocycles. The van der Waals surface area contributed by atoms with Crippen LogP contribution in [0.5, 0.6) is 5.75 Å². The normalized spacial score (nSPS) is 11.2. The summed E-state index contributed by atoms with van der Waals surface area (Å²) in [4.78, 5) is 12.6. The Labute approximate surface area is 183 Å². The third-order valence-electron chi connectivity index (χ3n) is 3.87. The molecule has 9 heteroatoms. The summed E-state index contributed by atoms with van der Waals surface area (Å²) in [5, 5.41) is 5.58. The average Bonchev–Trinajstić information content (AvgIpc) is 2.71. The maximum absolute atomic E-state index is 12.4. The van der Waals surface area contributed by atoms with Crippen molar-refractivity contribution in [3.63, 3.8) is 0 Å². The second-order valence-corrected chi connectivity index (χ2v) is 9.24. The number of hydrogen-bond acceptors (Lipinski definition) is 5. The van der Waals surface area contributed by atoms with Crippen molar-refractivity contribution in [3.8, 4) is 5.75 Å². The van der Waals surface area contributed by atoms with Crippen molar-refractivity contribution in [1.82, 2.24) is 10.0 Å². The van der Waals surface area contributed by atoms with E-state index < -0.39 is 10.0 Å². The number of sulfonamides is 1. The van der Waals surface area contributed by atoms with Crippen LogP contribution in [0, 0.1) is 5.92 Å². The van der Waals surface area contributed by atoms with Crippen LogP contribution in [-0.2, 0) is 10.0 Å². The summed E-state index contributed by atoms with van der Waals surface area (Å²) < 4.78 is 32.4. The average molecular weight is 450 g/mol. The Morgan fingerprint density at radius 3 is 2.47 bits per heavy atom. The van der Waals surface area contributed by atoms with E-state index in [0.717, 1.165) is 0 Å². The van der Waals surface area contributed by atoms with E-state index >= 15 is 0 Å². The smallest absolute Gasteiger partial charge is 0.257 e. The molecule has 3 N–H and O–H groups in total. The van der Waals surface area contributed by atoms with Gasteiger partial charge in [0, 0.05) is 17.8 Å². The molecule has 0 atom stereocenters. The van der Waals surface area contributed by atoms with Crippen LogP contribution >= 0.6 is 12.2 Å². The number of thiocarbonyl (C=S) groups is 1. The molecule has 0 fully saturated rings. The Kier molecular flexibility index (Phi) is 8.76. The molecular formula is C21H27N3O4S2. The van der Waals surface area contributed by atoms with Gasteiger partial charge in [0.2, 0.25) is 10.0 Å². The first-order valence-corrected chi connectivity index (χ1v) is 11.6. The maximum atomic E-state index is 12.4. The molecule has 0 saturated carbocycles. The minimum atomic E-state index is -3.53. The van der Waals surface area contributed by atoms with Gasteiger partial charge in [-0.25, -0.2) is 13.1 Å². The first-order valence-electron chi connectivity index (χ1n) is 9.66. The highest BCUT2D eigenvalue weighted by atomic mass is 32.2. The molecule has 1 amide bonds. The van der Waals surface area contributed by atoms with Crippen LogP contribution < -0.4 is 20.1 Å². The van der Waals surface area contributed by atoms with Crippen LogP contribution in [0.1, 0.15) is 37.6 Å². The minimum Gasteiger partial charge on any atom is -0.493 e. The molecule has 2 rings (SSSR count). The summed E-state index contributed by atoms with van der Waals surface area (Å²) in [6.45, 7) is 6.92. The summed E-state index contributed by atoms with van der Waals surface area (Å²) >= 11 is 5.19. The zero-order valence-electron chi connectivity index (χ0n) is 17.3. The number of carbonyl (C=O) groups excluding carboxylic acids is 1. The standard InChI is InChI=1S/C21H27N3O4S2/c1-4-12-22-30(26,27)19-10-8-17(9-11-19)23-21(29)24-20(25)16-6-5-7-18(13-16)28-14-15(2)3/h5-11,13,15,22H,4,12,14H2,1-3H3,(H2,23,24,25,29). The van der Waals surface area contributed by atoms with Crippen LogP contribution in [0.15, 0.2) is 53.4 Å². The second-order valence-electron chi connectivity index (χ2n) is 7.06. The molecule has 30 heavy (non-hydrogen) atoms. The third kappa shape index (κ3) is 7.40. The van der Waals surface area contributed by atoms with Gasteiger partial charge in [0.15, 0.2) is 5.11 Å². The quantitative estimate of drug-likeness (QED) is 0.507. The molecule has 0 aromatic heterocycles. The van der Waals surface area contributed by atoms with Crippen LogP contribution in [0.2, 0.25) is 0 Å².